The van der Waals surface area contributed by atoms with Gasteiger partial charge in [0.05, 0.1) is 0 Å². The average Bonchev–Trinajstić information content (AvgIpc) is 3.03. The summed E-state index contributed by atoms with van der Waals surface area (Å²) in [7, 11) is 2.09. The molecule has 0 saturated heterocycles. The van der Waals surface area contributed by atoms with Gasteiger partial charge in [0.25, 0.3) is 0 Å². The fraction of sp³-hybridized carbons (Fsp3) is 0.286. The van der Waals surface area contributed by atoms with E-state index in [0.29, 0.717) is 5.57 Å². The van der Waals surface area contributed by atoms with Crippen molar-refractivity contribution in [3.05, 3.63) is 35.8 Å². The van der Waals surface area contributed by atoms with Gasteiger partial charge in [-0.05, 0) is 35.8 Å². The van der Waals surface area contributed by atoms with Crippen LogP contribution in [0, 0.1) is 11.3 Å². The topological polar surface area (TPSA) is 93.5 Å². The Hall–Kier alpha value is -2.88. The fourth-order valence-corrected chi connectivity index (χ4v) is 2.43. The minimum absolute atomic E-state index is 0.278. The van der Waals surface area contributed by atoms with E-state index in [1.165, 1.54) is 17.7 Å². The molecule has 1 aromatic heterocycles. The van der Waals surface area contributed by atoms with Gasteiger partial charge in [0.15, 0.2) is 0 Å². The SMILES string of the molecule is CN1CCCc2ccc(NC=C(C#N)c3nn[nH]n3)cc21. The van der Waals surface area contributed by atoms with E-state index in [1.54, 1.807) is 6.20 Å². The number of H-pyrrole nitrogens is 1. The predicted molar refractivity (Wildman–Crippen MR) is 79.4 cm³/mol. The second-order valence-electron chi connectivity index (χ2n) is 4.92. The Morgan fingerprint density at radius 3 is 3.19 bits per heavy atom. The summed E-state index contributed by atoms with van der Waals surface area (Å²) < 4.78 is 0. The molecule has 0 amide bonds. The summed E-state index contributed by atoms with van der Waals surface area (Å²) in [5.74, 6) is 0.278. The number of nitrogens with one attached hydrogen (secondary N) is 2. The van der Waals surface area contributed by atoms with E-state index < -0.39 is 0 Å². The standard InChI is InChI=1S/C14H15N7/c1-21-6-2-3-10-4-5-12(7-13(10)21)16-9-11(8-15)14-17-19-20-18-14/h4-5,7,9,16H,2-3,6H2,1H3,(H,17,18,19,20). The van der Waals surface area contributed by atoms with Crippen LogP contribution in [-0.2, 0) is 6.42 Å². The van der Waals surface area contributed by atoms with Crippen LogP contribution in [-0.4, -0.2) is 34.2 Å². The van der Waals surface area contributed by atoms with Gasteiger partial charge < -0.3 is 10.2 Å². The highest BCUT2D eigenvalue weighted by atomic mass is 15.5. The van der Waals surface area contributed by atoms with Crippen molar-refractivity contribution < 1.29 is 0 Å². The van der Waals surface area contributed by atoms with Crippen molar-refractivity contribution in [1.82, 2.24) is 20.6 Å². The van der Waals surface area contributed by atoms with Gasteiger partial charge in [-0.3, -0.25) is 0 Å². The summed E-state index contributed by atoms with van der Waals surface area (Å²) >= 11 is 0. The second kappa shape index (κ2) is 5.63. The zero-order valence-electron chi connectivity index (χ0n) is 11.7. The number of nitriles is 1. The number of rotatable bonds is 3. The van der Waals surface area contributed by atoms with Gasteiger partial charge in [-0.2, -0.15) is 10.5 Å². The molecule has 0 saturated carbocycles. The molecule has 0 unspecified atom stereocenters. The molecule has 0 aliphatic carbocycles. The number of aromatic amines is 1. The van der Waals surface area contributed by atoms with Crippen LogP contribution in [0.15, 0.2) is 24.4 Å². The predicted octanol–water partition coefficient (Wildman–Crippen LogP) is 1.56. The lowest BCUT2D eigenvalue weighted by Gasteiger charge is -2.27. The molecule has 1 aromatic carbocycles. The van der Waals surface area contributed by atoms with Crippen LogP contribution in [0.2, 0.25) is 0 Å². The Labute approximate surface area is 122 Å². The summed E-state index contributed by atoms with van der Waals surface area (Å²) in [4.78, 5) is 2.25. The summed E-state index contributed by atoms with van der Waals surface area (Å²) in [6.45, 7) is 1.07. The largest absolute Gasteiger partial charge is 0.374 e. The van der Waals surface area contributed by atoms with E-state index in [-0.39, 0.29) is 5.82 Å². The lowest BCUT2D eigenvalue weighted by molar-refractivity contribution is 0.745. The number of allylic oxidation sites excluding steroid dienone is 1. The molecule has 2 N–H and O–H groups in total. The number of nitrogens with zero attached hydrogens (tertiary/aromatic N) is 5. The maximum Gasteiger partial charge on any atom is 0.216 e. The molecule has 0 fully saturated rings. The monoisotopic (exact) mass is 281 g/mol. The maximum atomic E-state index is 9.12. The number of hydrogen-bond donors (Lipinski definition) is 2. The third kappa shape index (κ3) is 2.69. The molecule has 2 heterocycles. The minimum Gasteiger partial charge on any atom is -0.374 e. The van der Waals surface area contributed by atoms with E-state index in [4.69, 9.17) is 5.26 Å². The summed E-state index contributed by atoms with van der Waals surface area (Å²) in [6.07, 6.45) is 3.89. The van der Waals surface area contributed by atoms with E-state index in [9.17, 15) is 0 Å². The number of anilines is 2. The van der Waals surface area contributed by atoms with Crippen molar-refractivity contribution in [2.75, 3.05) is 23.8 Å². The lowest BCUT2D eigenvalue weighted by Crippen LogP contribution is -2.24. The molecule has 21 heavy (non-hydrogen) atoms. The first-order valence-corrected chi connectivity index (χ1v) is 6.72. The Kier molecular flexibility index (Phi) is 3.51. The molecule has 0 bridgehead atoms. The van der Waals surface area contributed by atoms with Crippen LogP contribution in [0.3, 0.4) is 0 Å². The van der Waals surface area contributed by atoms with Crippen molar-refractivity contribution in [1.29, 1.82) is 5.26 Å². The molecule has 7 heteroatoms. The van der Waals surface area contributed by atoms with Crippen LogP contribution in [0.1, 0.15) is 17.8 Å². The zero-order valence-corrected chi connectivity index (χ0v) is 11.7. The average molecular weight is 281 g/mol. The first kappa shape index (κ1) is 13.1. The number of hydrogen-bond acceptors (Lipinski definition) is 6. The molecule has 1 aliphatic rings. The first-order valence-electron chi connectivity index (χ1n) is 6.72. The van der Waals surface area contributed by atoms with Gasteiger partial charge in [-0.1, -0.05) is 6.07 Å². The van der Waals surface area contributed by atoms with E-state index in [1.807, 2.05) is 12.1 Å². The highest BCUT2D eigenvalue weighted by molar-refractivity contribution is 5.74. The molecule has 0 spiro atoms. The van der Waals surface area contributed by atoms with Gasteiger partial charge in [-0.25, -0.2) is 0 Å². The van der Waals surface area contributed by atoms with Gasteiger partial charge in [0, 0.05) is 31.2 Å². The van der Waals surface area contributed by atoms with Gasteiger partial charge >= 0.3 is 0 Å². The second-order valence-corrected chi connectivity index (χ2v) is 4.92. The maximum absolute atomic E-state index is 9.12. The van der Waals surface area contributed by atoms with E-state index in [2.05, 4.69) is 50.0 Å². The lowest BCUT2D eigenvalue weighted by atomic mass is 10.0. The smallest absolute Gasteiger partial charge is 0.216 e. The van der Waals surface area contributed by atoms with Crippen molar-refractivity contribution in [3.63, 3.8) is 0 Å². The van der Waals surface area contributed by atoms with E-state index >= 15 is 0 Å². The van der Waals surface area contributed by atoms with Crippen molar-refractivity contribution >= 4 is 16.9 Å². The first-order chi connectivity index (χ1) is 10.3. The van der Waals surface area contributed by atoms with Crippen LogP contribution in [0.25, 0.3) is 5.57 Å². The Morgan fingerprint density at radius 2 is 2.43 bits per heavy atom. The number of fused-ring (bicyclic) bond motifs is 1. The number of aromatic nitrogens is 4. The fourth-order valence-electron chi connectivity index (χ4n) is 2.43. The van der Waals surface area contributed by atoms with Crippen LogP contribution in [0.5, 0.6) is 0 Å². The van der Waals surface area contributed by atoms with E-state index in [0.717, 1.165) is 18.7 Å². The number of benzene rings is 1. The minimum atomic E-state index is 0.278. The summed E-state index contributed by atoms with van der Waals surface area (Å²) in [5, 5.41) is 25.6. The zero-order chi connectivity index (χ0) is 14.7. The third-order valence-corrected chi connectivity index (χ3v) is 3.53. The van der Waals surface area contributed by atoms with Crippen LogP contribution in [0.4, 0.5) is 11.4 Å². The molecule has 0 atom stereocenters. The molecule has 3 rings (SSSR count). The highest BCUT2D eigenvalue weighted by Gasteiger charge is 2.13. The molecule has 7 nitrogen and oxygen atoms in total. The normalized spacial score (nSPS) is 14.5. The van der Waals surface area contributed by atoms with Crippen LogP contribution < -0.4 is 10.2 Å². The molecular formula is C14H15N7. The summed E-state index contributed by atoms with van der Waals surface area (Å²) in [5.41, 5.74) is 3.85. The number of aryl methyl sites for hydroxylation is 1. The van der Waals surface area contributed by atoms with Gasteiger partial charge in [0.2, 0.25) is 5.82 Å². The molecule has 2 aromatic rings. The Morgan fingerprint density at radius 1 is 1.52 bits per heavy atom. The van der Waals surface area contributed by atoms with Crippen LogP contribution >= 0.6 is 0 Å². The van der Waals surface area contributed by atoms with Gasteiger partial charge in [-0.15, -0.1) is 10.2 Å². The molecule has 1 aliphatic heterocycles. The van der Waals surface area contributed by atoms with Gasteiger partial charge in [0.1, 0.15) is 11.6 Å². The molecular weight excluding hydrogens is 266 g/mol. The highest BCUT2D eigenvalue weighted by Crippen LogP contribution is 2.29. The molecule has 0 radical (unpaired) electrons. The third-order valence-electron chi connectivity index (χ3n) is 3.53. The van der Waals surface area contributed by atoms with Crippen molar-refractivity contribution in [2.45, 2.75) is 12.8 Å². The molecule has 106 valence electrons. The number of tetrazole rings is 1. The Bertz CT molecular complexity index is 697. The Balaban J connectivity index is 1.82. The van der Waals surface area contributed by atoms with Crippen molar-refractivity contribution in [3.8, 4) is 6.07 Å². The quantitative estimate of drug-likeness (QED) is 0.829. The van der Waals surface area contributed by atoms with Crippen molar-refractivity contribution in [2.24, 2.45) is 0 Å². The summed E-state index contributed by atoms with van der Waals surface area (Å²) in [6, 6.07) is 8.28.